The summed E-state index contributed by atoms with van der Waals surface area (Å²) in [5.41, 5.74) is 5.66. The van der Waals surface area contributed by atoms with Crippen LogP contribution in [0.15, 0.2) is 97.1 Å². The second-order valence-electron chi connectivity index (χ2n) is 10.8. The summed E-state index contributed by atoms with van der Waals surface area (Å²) in [4.78, 5) is 21.2. The summed E-state index contributed by atoms with van der Waals surface area (Å²) in [5, 5.41) is 4.86. The minimum atomic E-state index is -0.193. The van der Waals surface area contributed by atoms with Crippen LogP contribution in [0.25, 0.3) is 16.9 Å². The van der Waals surface area contributed by atoms with Crippen LogP contribution in [-0.2, 0) is 18.4 Å². The van der Waals surface area contributed by atoms with Crippen molar-refractivity contribution >= 4 is 11.6 Å². The number of benzene rings is 3. The number of rotatable bonds is 8. The van der Waals surface area contributed by atoms with E-state index >= 15 is 0 Å². The van der Waals surface area contributed by atoms with E-state index in [1.165, 1.54) is 5.56 Å². The van der Waals surface area contributed by atoms with Gasteiger partial charge in [-0.1, -0.05) is 93.6 Å². The molecule has 5 rings (SSSR count). The highest BCUT2D eigenvalue weighted by Crippen LogP contribution is 2.27. The molecule has 0 saturated carbocycles. The van der Waals surface area contributed by atoms with Crippen LogP contribution in [0.5, 0.6) is 5.75 Å². The van der Waals surface area contributed by atoms with Crippen molar-refractivity contribution in [3.05, 3.63) is 120 Å². The Morgan fingerprint density at radius 3 is 2.23 bits per heavy atom. The monoisotopic (exact) mass is 518 g/mol. The average molecular weight is 519 g/mol. The van der Waals surface area contributed by atoms with E-state index in [9.17, 15) is 4.79 Å². The standard InChI is InChI=1S/C33H34N4O2/c1-33(2,3)30-22-31-34-28(26-16-11-17-27(20-26)39-4)21-29(37(31)35-30)32(38)36(23-25-14-9-6-10-15-25)19-18-24-12-7-5-8-13-24/h5-17,20-22H,18-19,23H2,1-4H3. The van der Waals surface area contributed by atoms with Gasteiger partial charge in [0.25, 0.3) is 5.91 Å². The van der Waals surface area contributed by atoms with Crippen molar-refractivity contribution < 1.29 is 9.53 Å². The number of aromatic nitrogens is 3. The molecule has 6 heteroatoms. The number of carbonyl (C=O) groups excluding carboxylic acids is 1. The first kappa shape index (κ1) is 26.2. The van der Waals surface area contributed by atoms with Gasteiger partial charge in [-0.25, -0.2) is 9.50 Å². The Bertz CT molecular complexity index is 1570. The lowest BCUT2D eigenvalue weighted by Gasteiger charge is -2.24. The smallest absolute Gasteiger partial charge is 0.272 e. The highest BCUT2D eigenvalue weighted by atomic mass is 16.5. The predicted molar refractivity (Wildman–Crippen MR) is 155 cm³/mol. The molecule has 0 radical (unpaired) electrons. The van der Waals surface area contributed by atoms with Gasteiger partial charge >= 0.3 is 0 Å². The Morgan fingerprint density at radius 2 is 1.56 bits per heavy atom. The minimum absolute atomic E-state index is 0.0881. The predicted octanol–water partition coefficient (Wildman–Crippen LogP) is 6.59. The third-order valence-electron chi connectivity index (χ3n) is 6.80. The third-order valence-corrected chi connectivity index (χ3v) is 6.80. The van der Waals surface area contributed by atoms with Crippen molar-refractivity contribution in [3.8, 4) is 17.0 Å². The quantitative estimate of drug-likeness (QED) is 0.233. The molecule has 0 aliphatic heterocycles. The Balaban J connectivity index is 1.60. The fourth-order valence-corrected chi connectivity index (χ4v) is 4.55. The maximum Gasteiger partial charge on any atom is 0.272 e. The van der Waals surface area contributed by atoms with Gasteiger partial charge in [0.05, 0.1) is 18.5 Å². The number of methoxy groups -OCH3 is 1. The minimum Gasteiger partial charge on any atom is -0.497 e. The largest absolute Gasteiger partial charge is 0.497 e. The Labute approximate surface area is 229 Å². The van der Waals surface area contributed by atoms with Crippen LogP contribution in [-0.4, -0.2) is 39.1 Å². The van der Waals surface area contributed by atoms with Gasteiger partial charge in [0.2, 0.25) is 0 Å². The summed E-state index contributed by atoms with van der Waals surface area (Å²) >= 11 is 0. The normalized spacial score (nSPS) is 11.5. The summed E-state index contributed by atoms with van der Waals surface area (Å²) in [7, 11) is 1.64. The summed E-state index contributed by atoms with van der Waals surface area (Å²) in [6, 6.07) is 31.9. The molecule has 2 heterocycles. The highest BCUT2D eigenvalue weighted by molar-refractivity contribution is 5.94. The van der Waals surface area contributed by atoms with E-state index in [4.69, 9.17) is 14.8 Å². The molecule has 3 aromatic carbocycles. The number of nitrogens with zero attached hydrogens (tertiary/aromatic N) is 4. The molecule has 5 aromatic rings. The van der Waals surface area contributed by atoms with Crippen LogP contribution < -0.4 is 4.74 Å². The average Bonchev–Trinajstić information content (AvgIpc) is 3.41. The number of hydrogen-bond donors (Lipinski definition) is 0. The molecular formula is C33H34N4O2. The van der Waals surface area contributed by atoms with E-state index in [0.29, 0.717) is 30.1 Å². The molecular weight excluding hydrogens is 484 g/mol. The van der Waals surface area contributed by atoms with Crippen molar-refractivity contribution in [1.29, 1.82) is 0 Å². The second-order valence-corrected chi connectivity index (χ2v) is 10.8. The lowest BCUT2D eigenvalue weighted by Crippen LogP contribution is -2.34. The van der Waals surface area contributed by atoms with Gasteiger partial charge in [0.1, 0.15) is 11.4 Å². The molecule has 0 N–H and O–H groups in total. The summed E-state index contributed by atoms with van der Waals surface area (Å²) in [6.07, 6.45) is 0.753. The van der Waals surface area contributed by atoms with E-state index in [1.54, 1.807) is 11.6 Å². The van der Waals surface area contributed by atoms with E-state index in [0.717, 1.165) is 29.0 Å². The van der Waals surface area contributed by atoms with Crippen LogP contribution in [0.3, 0.4) is 0 Å². The van der Waals surface area contributed by atoms with Gasteiger partial charge in [-0.3, -0.25) is 4.79 Å². The molecule has 0 atom stereocenters. The molecule has 0 aliphatic carbocycles. The van der Waals surface area contributed by atoms with Gasteiger partial charge in [-0.05, 0) is 35.7 Å². The van der Waals surface area contributed by atoms with Gasteiger partial charge in [0, 0.05) is 30.1 Å². The van der Waals surface area contributed by atoms with Crippen molar-refractivity contribution in [2.75, 3.05) is 13.7 Å². The van der Waals surface area contributed by atoms with Crippen LogP contribution in [0.1, 0.15) is 48.1 Å². The highest BCUT2D eigenvalue weighted by Gasteiger charge is 2.25. The molecule has 6 nitrogen and oxygen atoms in total. The third kappa shape index (κ3) is 6.01. The lowest BCUT2D eigenvalue weighted by atomic mass is 9.93. The maximum atomic E-state index is 14.4. The van der Waals surface area contributed by atoms with Crippen LogP contribution >= 0.6 is 0 Å². The van der Waals surface area contributed by atoms with E-state index in [-0.39, 0.29) is 11.3 Å². The molecule has 0 fully saturated rings. The van der Waals surface area contributed by atoms with Crippen LogP contribution in [0, 0.1) is 0 Å². The summed E-state index contributed by atoms with van der Waals surface area (Å²) < 4.78 is 7.15. The topological polar surface area (TPSA) is 59.7 Å². The van der Waals surface area contributed by atoms with Gasteiger partial charge in [-0.15, -0.1) is 0 Å². The van der Waals surface area contributed by atoms with Gasteiger partial charge < -0.3 is 9.64 Å². The zero-order valence-electron chi connectivity index (χ0n) is 23.0. The molecule has 0 bridgehead atoms. The van der Waals surface area contributed by atoms with E-state index < -0.39 is 0 Å². The molecule has 39 heavy (non-hydrogen) atoms. The first-order valence-electron chi connectivity index (χ1n) is 13.2. The number of hydrogen-bond acceptors (Lipinski definition) is 4. The van der Waals surface area contributed by atoms with Gasteiger partial charge in [0.15, 0.2) is 5.65 Å². The zero-order chi connectivity index (χ0) is 27.4. The molecule has 198 valence electrons. The number of carbonyl (C=O) groups is 1. The van der Waals surface area contributed by atoms with Crippen LogP contribution in [0.2, 0.25) is 0 Å². The first-order valence-corrected chi connectivity index (χ1v) is 13.2. The number of ether oxygens (including phenoxy) is 1. The van der Waals surface area contributed by atoms with Crippen molar-refractivity contribution in [2.24, 2.45) is 0 Å². The lowest BCUT2D eigenvalue weighted by molar-refractivity contribution is 0.0736. The van der Waals surface area contributed by atoms with Gasteiger partial charge in [-0.2, -0.15) is 5.10 Å². The number of fused-ring (bicyclic) bond motifs is 1. The molecule has 2 aromatic heterocycles. The Morgan fingerprint density at radius 1 is 0.872 bits per heavy atom. The Kier molecular flexibility index (Phi) is 7.46. The summed E-state index contributed by atoms with van der Waals surface area (Å²) in [5.74, 6) is 0.648. The molecule has 0 spiro atoms. The molecule has 0 aliphatic rings. The zero-order valence-corrected chi connectivity index (χ0v) is 23.0. The number of amides is 1. The van der Waals surface area contributed by atoms with Crippen molar-refractivity contribution in [2.45, 2.75) is 39.2 Å². The Hall–Kier alpha value is -4.45. The SMILES string of the molecule is COc1cccc(-c2cc(C(=O)N(CCc3ccccc3)Cc3ccccc3)n3nc(C(C)(C)C)cc3n2)c1. The first-order chi connectivity index (χ1) is 18.8. The van der Waals surface area contributed by atoms with Crippen LogP contribution in [0.4, 0.5) is 0 Å². The fourth-order valence-electron chi connectivity index (χ4n) is 4.55. The van der Waals surface area contributed by atoms with Crippen molar-refractivity contribution in [3.63, 3.8) is 0 Å². The van der Waals surface area contributed by atoms with E-state index in [2.05, 4.69) is 45.0 Å². The maximum absolute atomic E-state index is 14.4. The molecule has 0 saturated heterocycles. The fraction of sp³-hybridized carbons (Fsp3) is 0.242. The molecule has 1 amide bonds. The second kappa shape index (κ2) is 11.1. The molecule has 0 unspecified atom stereocenters. The van der Waals surface area contributed by atoms with E-state index in [1.807, 2.05) is 77.7 Å². The van der Waals surface area contributed by atoms with Crippen molar-refractivity contribution in [1.82, 2.24) is 19.5 Å². The summed E-state index contributed by atoms with van der Waals surface area (Å²) in [6.45, 7) is 7.41.